The van der Waals surface area contributed by atoms with Gasteiger partial charge in [-0.3, -0.25) is 28.8 Å². The Kier molecular flexibility index (Phi) is 27.7. The number of carboxylic acid groups (broad SMARTS) is 6. The fourth-order valence-corrected chi connectivity index (χ4v) is 4.06. The molecule has 1 saturated heterocycles. The molecule has 22 heteroatoms. The van der Waals surface area contributed by atoms with Gasteiger partial charge in [-0.05, 0) is 68.0 Å². The van der Waals surface area contributed by atoms with E-state index in [4.69, 9.17) is 74.6 Å². The van der Waals surface area contributed by atoms with Gasteiger partial charge in [-0.15, -0.1) is 0 Å². The lowest BCUT2D eigenvalue weighted by Crippen LogP contribution is -2.39. The molecule has 4 rings (SSSR count). The number of benzene rings is 2. The zero-order valence-corrected chi connectivity index (χ0v) is 32.9. The number of aromatic hydroxyl groups is 1. The largest absolute Gasteiger partial charge is 0.508 e. The van der Waals surface area contributed by atoms with Crippen molar-refractivity contribution in [1.82, 2.24) is 10.3 Å². The highest BCUT2D eigenvalue weighted by molar-refractivity contribution is 5.84. The van der Waals surface area contributed by atoms with Gasteiger partial charge in [-0.1, -0.05) is 44.2 Å². The van der Waals surface area contributed by atoms with Crippen LogP contribution in [0.5, 0.6) is 5.75 Å². The number of fused-ring (bicyclic) bond motifs is 1. The van der Waals surface area contributed by atoms with Gasteiger partial charge in [0, 0.05) is 23.5 Å². The standard InChI is InChI=1S/C11H12N2O2.C9H11NO3.C5H9NO2.C5H11NO2.C4H9NO3.C3H7NO3/c12-9(11(14)15)5-7-6-13-10-4-2-1-3-8(7)10;10-8(9(12)13)5-6-1-3-7(11)4-2-6;7-5(8)4-2-1-3-6-4;1-3(2)4(6)5(7)8;1-2(6)3(5)4(7)8;4-2(1-5)3(6)7/h1-4,6,9,13H,5,12H2,(H,14,15);1-4,8,11H,5,10H2,(H,12,13);4,6H,1-3H2,(H,7,8);3-4H,6H2,1-2H3,(H,7,8);2-3,6H,5H2,1H3,(H,7,8);2,5H,1,4H2,(H,6,7)/t9-;8-;2*4-;2-,3+;2-/m000010/s1. The maximum absolute atomic E-state index is 10.6. The van der Waals surface area contributed by atoms with Crippen LogP contribution in [0.3, 0.4) is 0 Å². The summed E-state index contributed by atoms with van der Waals surface area (Å²) in [4.78, 5) is 63.8. The third-order valence-corrected chi connectivity index (χ3v) is 7.82. The number of nitrogens with one attached hydrogen (secondary N) is 2. The zero-order chi connectivity index (χ0) is 46.0. The molecule has 1 aromatic heterocycles. The highest BCUT2D eigenvalue weighted by Gasteiger charge is 2.20. The molecule has 0 saturated carbocycles. The average Bonchev–Trinajstić information content (AvgIpc) is 3.87. The summed E-state index contributed by atoms with van der Waals surface area (Å²) in [5.74, 6) is -5.82. The number of carbonyl (C=O) groups is 6. The summed E-state index contributed by atoms with van der Waals surface area (Å²) in [5.41, 5.74) is 28.4. The molecule has 0 amide bonds. The van der Waals surface area contributed by atoms with E-state index in [0.717, 1.165) is 41.4 Å². The topological polar surface area (TPSA) is 442 Å². The number of carboxylic acids is 6. The van der Waals surface area contributed by atoms with E-state index >= 15 is 0 Å². The van der Waals surface area contributed by atoms with Crippen LogP contribution in [-0.4, -0.2) is 142 Å². The van der Waals surface area contributed by atoms with Crippen molar-refractivity contribution in [2.45, 2.75) is 88.8 Å². The molecule has 1 fully saturated rings. The lowest BCUT2D eigenvalue weighted by Gasteiger charge is -2.07. The number of aromatic nitrogens is 1. The number of aromatic amines is 1. The molecule has 0 radical (unpaired) electrons. The quantitative estimate of drug-likeness (QED) is 0.0932. The van der Waals surface area contributed by atoms with Crippen LogP contribution in [0.4, 0.5) is 0 Å². The minimum Gasteiger partial charge on any atom is -0.508 e. The molecular weight excluding hydrogens is 782 g/mol. The molecule has 22 nitrogen and oxygen atoms in total. The van der Waals surface area contributed by atoms with Crippen LogP contribution in [-0.2, 0) is 41.6 Å². The van der Waals surface area contributed by atoms with Crippen molar-refractivity contribution in [3.05, 3.63) is 65.9 Å². The number of aliphatic hydroxyl groups is 2. The van der Waals surface area contributed by atoms with Gasteiger partial charge in [0.15, 0.2) is 0 Å². The number of aliphatic hydroxyl groups excluding tert-OH is 2. The molecule has 0 spiro atoms. The monoisotopic (exact) mass is 841 g/mol. The number of hydrogen-bond donors (Lipinski definition) is 16. The maximum atomic E-state index is 10.6. The smallest absolute Gasteiger partial charge is 0.323 e. The Morgan fingerprint density at radius 2 is 1.19 bits per heavy atom. The van der Waals surface area contributed by atoms with Crippen molar-refractivity contribution in [2.75, 3.05) is 13.2 Å². The first kappa shape index (κ1) is 55.4. The number of phenolic OH excluding ortho intramolecular Hbond substituents is 1. The molecule has 332 valence electrons. The van der Waals surface area contributed by atoms with Gasteiger partial charge in [0.1, 0.15) is 42.0 Å². The van der Waals surface area contributed by atoms with Crippen LogP contribution in [0.2, 0.25) is 0 Å². The molecule has 1 aliphatic rings. The second-order valence-electron chi connectivity index (χ2n) is 13.2. The number of rotatable bonds is 13. The van der Waals surface area contributed by atoms with Crippen molar-refractivity contribution < 1.29 is 74.7 Å². The number of nitrogens with two attached hydrogens (primary N) is 5. The fourth-order valence-electron chi connectivity index (χ4n) is 4.06. The average molecular weight is 842 g/mol. The summed E-state index contributed by atoms with van der Waals surface area (Å²) >= 11 is 0. The van der Waals surface area contributed by atoms with E-state index in [0.29, 0.717) is 6.42 Å². The van der Waals surface area contributed by atoms with Crippen LogP contribution >= 0.6 is 0 Å². The molecule has 2 heterocycles. The zero-order valence-electron chi connectivity index (χ0n) is 32.9. The molecule has 0 unspecified atom stereocenters. The normalized spacial score (nSPS) is 15.7. The van der Waals surface area contributed by atoms with E-state index < -0.39 is 78.7 Å². The lowest BCUT2D eigenvalue weighted by molar-refractivity contribution is -0.141. The number of aliphatic carboxylic acids is 6. The summed E-state index contributed by atoms with van der Waals surface area (Å²) in [5, 5.41) is 79.1. The Hall–Kier alpha value is -5.72. The highest BCUT2D eigenvalue weighted by atomic mass is 16.4. The fraction of sp³-hybridized carbons (Fsp3) is 0.459. The van der Waals surface area contributed by atoms with Crippen molar-refractivity contribution in [2.24, 2.45) is 34.6 Å². The summed E-state index contributed by atoms with van der Waals surface area (Å²) in [7, 11) is 0. The van der Waals surface area contributed by atoms with E-state index in [1.165, 1.54) is 19.1 Å². The summed E-state index contributed by atoms with van der Waals surface area (Å²) in [6.45, 7) is 5.24. The second-order valence-corrected chi connectivity index (χ2v) is 13.2. The molecule has 3 aromatic rings. The van der Waals surface area contributed by atoms with Crippen LogP contribution in [0, 0.1) is 5.92 Å². The molecule has 7 atom stereocenters. The molecule has 21 N–H and O–H groups in total. The Bertz CT molecular complexity index is 1670. The summed E-state index contributed by atoms with van der Waals surface area (Å²) in [6, 6.07) is 9.07. The second kappa shape index (κ2) is 29.5. The third kappa shape index (κ3) is 24.6. The Morgan fingerprint density at radius 1 is 0.695 bits per heavy atom. The number of phenols is 1. The van der Waals surface area contributed by atoms with Crippen molar-refractivity contribution in [3.8, 4) is 5.75 Å². The first-order valence-corrected chi connectivity index (χ1v) is 17.9. The van der Waals surface area contributed by atoms with E-state index in [9.17, 15) is 28.8 Å². The van der Waals surface area contributed by atoms with Gasteiger partial charge in [0.25, 0.3) is 0 Å². The van der Waals surface area contributed by atoms with Crippen LogP contribution < -0.4 is 34.0 Å². The number of para-hydroxylation sites is 1. The predicted molar refractivity (Wildman–Crippen MR) is 214 cm³/mol. The first-order chi connectivity index (χ1) is 27.4. The van der Waals surface area contributed by atoms with Gasteiger partial charge in [0.05, 0.1) is 12.7 Å². The summed E-state index contributed by atoms with van der Waals surface area (Å²) in [6.07, 6.45) is 3.24. The molecular formula is C37H59N7O15. The van der Waals surface area contributed by atoms with Gasteiger partial charge < -0.3 is 84.9 Å². The highest BCUT2D eigenvalue weighted by Crippen LogP contribution is 2.18. The molecule has 0 bridgehead atoms. The van der Waals surface area contributed by atoms with Crippen molar-refractivity contribution in [3.63, 3.8) is 0 Å². The Labute approximate surface area is 339 Å². The summed E-state index contributed by atoms with van der Waals surface area (Å²) < 4.78 is 0. The van der Waals surface area contributed by atoms with Crippen LogP contribution in [0.15, 0.2) is 54.7 Å². The van der Waals surface area contributed by atoms with E-state index in [-0.39, 0.29) is 24.1 Å². The van der Waals surface area contributed by atoms with Gasteiger partial charge in [-0.25, -0.2) is 0 Å². The van der Waals surface area contributed by atoms with Gasteiger partial charge >= 0.3 is 35.8 Å². The van der Waals surface area contributed by atoms with E-state index in [2.05, 4.69) is 10.3 Å². The first-order valence-electron chi connectivity index (χ1n) is 17.9. The maximum Gasteiger partial charge on any atom is 0.323 e. The lowest BCUT2D eigenvalue weighted by atomic mass is 10.1. The van der Waals surface area contributed by atoms with Crippen molar-refractivity contribution in [1.29, 1.82) is 0 Å². The predicted octanol–water partition coefficient (Wildman–Crippen LogP) is -1.48. The third-order valence-electron chi connectivity index (χ3n) is 7.82. The van der Waals surface area contributed by atoms with Gasteiger partial charge in [-0.2, -0.15) is 0 Å². The minimum atomic E-state index is -1.18. The van der Waals surface area contributed by atoms with Crippen LogP contribution in [0.25, 0.3) is 10.9 Å². The number of H-pyrrole nitrogens is 1. The molecule has 0 aliphatic carbocycles. The van der Waals surface area contributed by atoms with Crippen molar-refractivity contribution >= 4 is 46.7 Å². The Balaban J connectivity index is 0. The van der Waals surface area contributed by atoms with Crippen LogP contribution in [0.1, 0.15) is 44.7 Å². The van der Waals surface area contributed by atoms with E-state index in [1.807, 2.05) is 30.5 Å². The minimum absolute atomic E-state index is 0.0208. The molecule has 2 aromatic carbocycles. The SMILES string of the molecule is CC(C)[C@H](N)C(=O)O.C[C@@H](O)[C@H](N)C(=O)O.N[C@@H](CO)C(=O)O.N[C@@H](Cc1c[nH]c2ccccc12)C(=O)O.N[C@@H](Cc1ccc(O)cc1)C(=O)O.O=C(O)[C@@H]1CCCN1. The number of hydrogen-bond acceptors (Lipinski definition) is 15. The molecule has 1 aliphatic heterocycles. The molecule has 59 heavy (non-hydrogen) atoms. The van der Waals surface area contributed by atoms with Gasteiger partial charge in [0.2, 0.25) is 0 Å². The van der Waals surface area contributed by atoms with E-state index in [1.54, 1.807) is 26.0 Å². The Morgan fingerprint density at radius 3 is 1.51 bits per heavy atom.